The molecule has 0 fully saturated rings. The third-order valence-corrected chi connectivity index (χ3v) is 2.77. The molecule has 0 aliphatic rings. The van der Waals surface area contributed by atoms with Gasteiger partial charge in [0, 0.05) is 5.02 Å². The summed E-state index contributed by atoms with van der Waals surface area (Å²) in [5.41, 5.74) is 0.962. The number of benzene rings is 1. The summed E-state index contributed by atoms with van der Waals surface area (Å²) in [4.78, 5) is 4.18. The van der Waals surface area contributed by atoms with Crippen molar-refractivity contribution in [3.63, 3.8) is 0 Å². The molecule has 1 nitrogen and oxygen atoms in total. The van der Waals surface area contributed by atoms with Crippen molar-refractivity contribution >= 4 is 97.2 Å². The van der Waals surface area contributed by atoms with E-state index in [1.165, 1.54) is 11.3 Å². The van der Waals surface area contributed by atoms with Crippen LogP contribution in [-0.4, -0.2) is 56.4 Å². The Morgan fingerprint density at radius 1 is 1.42 bits per heavy atom. The van der Waals surface area contributed by atoms with E-state index in [0.717, 1.165) is 19.6 Å². The molecule has 1 aromatic carbocycles. The van der Waals surface area contributed by atoms with Crippen LogP contribution in [0.5, 0.6) is 0 Å². The monoisotopic (exact) mass is 241 g/mol. The molecule has 0 aliphatic heterocycles. The first kappa shape index (κ1) is 11.5. The molecule has 0 saturated heterocycles. The molecule has 0 N–H and O–H groups in total. The van der Waals surface area contributed by atoms with Gasteiger partial charge in [-0.15, -0.1) is 24.0 Å². The number of nitrogens with zero attached hydrogens (tertiary/aromatic N) is 1. The van der Waals surface area contributed by atoms with Gasteiger partial charge in [-0.1, -0.05) is 11.6 Å². The average molecular weight is 242 g/mol. The van der Waals surface area contributed by atoms with E-state index in [2.05, 4.69) is 17.6 Å². The molecule has 2 rings (SSSR count). The van der Waals surface area contributed by atoms with Gasteiger partial charge < -0.3 is 0 Å². The van der Waals surface area contributed by atoms with Crippen molar-refractivity contribution in [2.24, 2.45) is 0 Å². The normalized spacial score (nSPS) is 9.83. The van der Waals surface area contributed by atoms with Crippen LogP contribution in [0.3, 0.4) is 0 Å². The van der Waals surface area contributed by atoms with Gasteiger partial charge in [-0.05, 0) is 18.2 Å². The van der Waals surface area contributed by atoms with Crippen molar-refractivity contribution in [2.75, 3.05) is 0 Å². The Labute approximate surface area is 127 Å². The zero-order valence-electron chi connectivity index (χ0n) is 5.41. The fourth-order valence-electron chi connectivity index (χ4n) is 0.886. The van der Waals surface area contributed by atoms with Gasteiger partial charge >= 0.3 is 51.4 Å². The maximum absolute atomic E-state index is 5.78. The average Bonchev–Trinajstić information content (AvgIpc) is 2.27. The van der Waals surface area contributed by atoms with Gasteiger partial charge in [0.05, 0.1) is 10.2 Å². The van der Waals surface area contributed by atoms with E-state index >= 15 is 0 Å². The second-order valence-electron chi connectivity index (χ2n) is 2.11. The summed E-state index contributed by atoms with van der Waals surface area (Å²) < 4.78 is 1.87. The molecule has 0 unspecified atom stereocenters. The third-order valence-electron chi connectivity index (χ3n) is 1.34. The van der Waals surface area contributed by atoms with Gasteiger partial charge in [0.1, 0.15) is 4.34 Å². The van der Waals surface area contributed by atoms with Crippen molar-refractivity contribution < 1.29 is 0 Å². The van der Waals surface area contributed by atoms with Crippen molar-refractivity contribution in [1.29, 1.82) is 0 Å². The molecule has 58 valence electrons. The number of rotatable bonds is 0. The van der Waals surface area contributed by atoms with E-state index in [0.29, 0.717) is 0 Å². The number of hydrogen-bond acceptors (Lipinski definition) is 3. The summed E-state index contributed by atoms with van der Waals surface area (Å²) in [6.07, 6.45) is 0. The van der Waals surface area contributed by atoms with Crippen LogP contribution in [0, 0.1) is 0 Å². The first-order valence-corrected chi connectivity index (χ1v) is 4.65. The van der Waals surface area contributed by atoms with Crippen LogP contribution in [0.15, 0.2) is 22.5 Å². The molecule has 12 heavy (non-hydrogen) atoms. The molecule has 1 aromatic heterocycles. The van der Waals surface area contributed by atoms with Crippen LogP contribution in [0.25, 0.3) is 10.2 Å². The summed E-state index contributed by atoms with van der Waals surface area (Å²) >= 11 is 11.5. The van der Waals surface area contributed by atoms with E-state index in [4.69, 9.17) is 11.6 Å². The molecule has 0 spiro atoms. The van der Waals surface area contributed by atoms with Crippen molar-refractivity contribution in [2.45, 2.75) is 4.34 Å². The molecule has 0 atom stereocenters. The Bertz CT molecular complexity index is 401. The minimum absolute atomic E-state index is 0. The Hall–Kier alpha value is 1.39. The second kappa shape index (κ2) is 4.75. The second-order valence-corrected chi connectivity index (χ2v) is 4.30. The summed E-state index contributed by atoms with van der Waals surface area (Å²) in [7, 11) is 0. The van der Waals surface area contributed by atoms with Gasteiger partial charge in [0.15, 0.2) is 0 Å². The topological polar surface area (TPSA) is 12.9 Å². The quantitative estimate of drug-likeness (QED) is 0.553. The molecule has 0 bridgehead atoms. The Kier molecular flexibility index (Phi) is 4.54. The molecule has 0 amide bonds. The fourth-order valence-corrected chi connectivity index (χ4v) is 2.27. The van der Waals surface area contributed by atoms with E-state index in [9.17, 15) is 0 Å². The number of hydrogen-bond donors (Lipinski definition) is 1. The number of fused-ring (bicyclic) bond motifs is 1. The van der Waals surface area contributed by atoms with E-state index in [-0.39, 0.29) is 51.4 Å². The Morgan fingerprint density at radius 2 is 2.17 bits per heavy atom. The van der Waals surface area contributed by atoms with Crippen molar-refractivity contribution in [3.05, 3.63) is 23.2 Å². The molecule has 2 aromatic rings. The number of aromatic nitrogens is 1. The summed E-state index contributed by atoms with van der Waals surface area (Å²) in [6.45, 7) is 0. The van der Waals surface area contributed by atoms with E-state index in [1.54, 1.807) is 0 Å². The molecular weight excluding hydrogens is 237 g/mol. The van der Waals surface area contributed by atoms with Crippen molar-refractivity contribution in [3.8, 4) is 0 Å². The first-order chi connectivity index (χ1) is 5.25. The van der Waals surface area contributed by atoms with Gasteiger partial charge in [0.2, 0.25) is 0 Å². The molecular formula is C7H5ClKNS2. The molecule has 1 heterocycles. The van der Waals surface area contributed by atoms with Crippen LogP contribution >= 0.6 is 35.6 Å². The van der Waals surface area contributed by atoms with E-state index in [1.807, 2.05) is 18.2 Å². The number of thiol groups is 1. The number of halogens is 1. The van der Waals surface area contributed by atoms with Crippen LogP contribution in [-0.2, 0) is 0 Å². The molecule has 0 saturated carbocycles. The Balaban J connectivity index is 0.000000720. The zero-order chi connectivity index (χ0) is 7.84. The standard InChI is InChI=1S/C7H4ClNS2.K.H/c8-4-1-2-5-6(3-4)11-7(10)9-5;;/h1-3H,(H,9,10);;. The minimum atomic E-state index is 0. The summed E-state index contributed by atoms with van der Waals surface area (Å²) in [5.74, 6) is 0. The van der Waals surface area contributed by atoms with Crippen LogP contribution < -0.4 is 0 Å². The van der Waals surface area contributed by atoms with Gasteiger partial charge in [0.25, 0.3) is 0 Å². The molecule has 0 radical (unpaired) electrons. The zero-order valence-corrected chi connectivity index (χ0v) is 7.88. The summed E-state index contributed by atoms with van der Waals surface area (Å²) in [5, 5.41) is 0.745. The van der Waals surface area contributed by atoms with E-state index < -0.39 is 0 Å². The van der Waals surface area contributed by atoms with Crippen molar-refractivity contribution in [1.82, 2.24) is 4.98 Å². The molecule has 5 heteroatoms. The van der Waals surface area contributed by atoms with Gasteiger partial charge in [-0.3, -0.25) is 0 Å². The fraction of sp³-hybridized carbons (Fsp3) is 0. The maximum atomic E-state index is 5.78. The van der Waals surface area contributed by atoms with Gasteiger partial charge in [-0.2, -0.15) is 0 Å². The SMILES string of the molecule is Sc1nc2ccc(Cl)cc2s1.[KH]. The summed E-state index contributed by atoms with van der Waals surface area (Å²) in [6, 6.07) is 5.62. The predicted molar refractivity (Wildman–Crippen MR) is 59.0 cm³/mol. The predicted octanol–water partition coefficient (Wildman–Crippen LogP) is 2.59. The third kappa shape index (κ3) is 2.45. The van der Waals surface area contributed by atoms with Crippen LogP contribution in [0.4, 0.5) is 0 Å². The molecule has 0 aliphatic carbocycles. The van der Waals surface area contributed by atoms with Gasteiger partial charge in [-0.25, -0.2) is 4.98 Å². The van der Waals surface area contributed by atoms with Crippen LogP contribution in [0.2, 0.25) is 5.02 Å². The number of thiazole rings is 1. The Morgan fingerprint density at radius 3 is 2.92 bits per heavy atom. The first-order valence-electron chi connectivity index (χ1n) is 3.01. The van der Waals surface area contributed by atoms with Crippen LogP contribution in [0.1, 0.15) is 0 Å².